The lowest BCUT2D eigenvalue weighted by atomic mass is 10.1. The Kier molecular flexibility index (Phi) is 4.12. The van der Waals surface area contributed by atoms with E-state index >= 15 is 0 Å². The molecule has 0 aliphatic carbocycles. The van der Waals surface area contributed by atoms with Crippen molar-refractivity contribution in [2.24, 2.45) is 5.73 Å². The van der Waals surface area contributed by atoms with Gasteiger partial charge < -0.3 is 10.5 Å². The van der Waals surface area contributed by atoms with E-state index in [2.05, 4.69) is 5.32 Å². The van der Waals surface area contributed by atoms with Crippen molar-refractivity contribution in [3.05, 3.63) is 29.8 Å². The molecule has 1 aromatic carbocycles. The molecule has 4 nitrogen and oxygen atoms in total. The van der Waals surface area contributed by atoms with Gasteiger partial charge in [0.05, 0.1) is 0 Å². The van der Waals surface area contributed by atoms with Crippen molar-refractivity contribution in [1.82, 2.24) is 0 Å². The molecule has 94 valence electrons. The summed E-state index contributed by atoms with van der Waals surface area (Å²) >= 11 is 0. The Balaban J connectivity index is 2.61. The minimum absolute atomic E-state index is 0.00873. The van der Waals surface area contributed by atoms with Gasteiger partial charge in [-0.05, 0) is 45.4 Å². The zero-order valence-electron chi connectivity index (χ0n) is 10.8. The molecule has 1 rings (SSSR count). The zero-order chi connectivity index (χ0) is 13.1. The summed E-state index contributed by atoms with van der Waals surface area (Å²) in [4.78, 5) is 11.5. The molecule has 0 heterocycles. The molecule has 0 saturated carbocycles. The highest BCUT2D eigenvalue weighted by molar-refractivity contribution is 5.84. The number of hydrogen-bond acceptors (Lipinski definition) is 3. The number of rotatable bonds is 2. The van der Waals surface area contributed by atoms with Gasteiger partial charge in [0.1, 0.15) is 5.60 Å². The topological polar surface area (TPSA) is 64.3 Å². The third kappa shape index (κ3) is 4.87. The van der Waals surface area contributed by atoms with Crippen LogP contribution in [0.5, 0.6) is 0 Å². The average molecular weight is 236 g/mol. The summed E-state index contributed by atoms with van der Waals surface area (Å²) in [5, 5.41) is 2.66. The van der Waals surface area contributed by atoms with Crippen molar-refractivity contribution >= 4 is 11.8 Å². The predicted octanol–water partition coefficient (Wildman–Crippen LogP) is 3.05. The van der Waals surface area contributed by atoms with E-state index in [1.165, 1.54) is 0 Å². The van der Waals surface area contributed by atoms with Crippen molar-refractivity contribution < 1.29 is 9.53 Å². The first-order valence-corrected chi connectivity index (χ1v) is 5.63. The molecule has 1 unspecified atom stereocenters. The highest BCUT2D eigenvalue weighted by Crippen LogP contribution is 2.15. The van der Waals surface area contributed by atoms with E-state index < -0.39 is 11.7 Å². The molecular weight excluding hydrogens is 216 g/mol. The maximum atomic E-state index is 11.5. The first-order valence-electron chi connectivity index (χ1n) is 5.63. The summed E-state index contributed by atoms with van der Waals surface area (Å²) in [5.41, 5.74) is 6.97. The van der Waals surface area contributed by atoms with Gasteiger partial charge in [-0.3, -0.25) is 5.32 Å². The Hall–Kier alpha value is -1.55. The van der Waals surface area contributed by atoms with E-state index in [0.29, 0.717) is 5.69 Å². The van der Waals surface area contributed by atoms with Crippen LogP contribution in [-0.2, 0) is 4.74 Å². The molecule has 0 aliphatic heterocycles. The van der Waals surface area contributed by atoms with Gasteiger partial charge in [-0.2, -0.15) is 0 Å². The van der Waals surface area contributed by atoms with Gasteiger partial charge in [0.15, 0.2) is 0 Å². The lowest BCUT2D eigenvalue weighted by Gasteiger charge is -2.19. The third-order valence-electron chi connectivity index (χ3n) is 2.08. The van der Waals surface area contributed by atoms with Gasteiger partial charge in [-0.25, -0.2) is 4.79 Å². The molecule has 0 spiro atoms. The molecule has 0 bridgehead atoms. The fourth-order valence-electron chi connectivity index (χ4n) is 1.29. The van der Waals surface area contributed by atoms with Crippen LogP contribution >= 0.6 is 0 Å². The second-order valence-electron chi connectivity index (χ2n) is 5.04. The van der Waals surface area contributed by atoms with Crippen LogP contribution in [0, 0.1) is 0 Å². The number of anilines is 1. The molecule has 3 N–H and O–H groups in total. The molecule has 1 aromatic rings. The van der Waals surface area contributed by atoms with Crippen LogP contribution in [0.4, 0.5) is 10.5 Å². The fourth-order valence-corrected chi connectivity index (χ4v) is 1.29. The van der Waals surface area contributed by atoms with Crippen molar-refractivity contribution in [2.45, 2.75) is 39.3 Å². The lowest BCUT2D eigenvalue weighted by Crippen LogP contribution is -2.27. The highest BCUT2D eigenvalue weighted by Gasteiger charge is 2.16. The Labute approximate surface area is 102 Å². The molecule has 0 radical (unpaired) electrons. The summed E-state index contributed by atoms with van der Waals surface area (Å²) in [6.45, 7) is 7.39. The van der Waals surface area contributed by atoms with Crippen LogP contribution in [0.1, 0.15) is 39.3 Å². The molecule has 1 amide bonds. The van der Waals surface area contributed by atoms with Gasteiger partial charge in [0, 0.05) is 11.7 Å². The van der Waals surface area contributed by atoms with E-state index in [9.17, 15) is 4.79 Å². The fraction of sp³-hybridized carbons (Fsp3) is 0.462. The largest absolute Gasteiger partial charge is 0.444 e. The minimum Gasteiger partial charge on any atom is -0.444 e. The van der Waals surface area contributed by atoms with Gasteiger partial charge in [-0.1, -0.05) is 12.1 Å². The lowest BCUT2D eigenvalue weighted by molar-refractivity contribution is 0.0636. The Morgan fingerprint density at radius 1 is 1.29 bits per heavy atom. The molecule has 0 aromatic heterocycles. The van der Waals surface area contributed by atoms with Crippen LogP contribution in [0.3, 0.4) is 0 Å². The van der Waals surface area contributed by atoms with Crippen LogP contribution in [-0.4, -0.2) is 11.7 Å². The monoisotopic (exact) mass is 236 g/mol. The maximum absolute atomic E-state index is 11.5. The minimum atomic E-state index is -0.490. The third-order valence-corrected chi connectivity index (χ3v) is 2.08. The van der Waals surface area contributed by atoms with Crippen molar-refractivity contribution in [3.63, 3.8) is 0 Å². The number of amides is 1. The highest BCUT2D eigenvalue weighted by atomic mass is 16.6. The van der Waals surface area contributed by atoms with Crippen LogP contribution in [0.25, 0.3) is 0 Å². The first kappa shape index (κ1) is 13.5. The van der Waals surface area contributed by atoms with Gasteiger partial charge in [0.25, 0.3) is 0 Å². The Bertz CT molecular complexity index is 377. The quantitative estimate of drug-likeness (QED) is 0.829. The summed E-state index contributed by atoms with van der Waals surface area (Å²) < 4.78 is 5.14. The summed E-state index contributed by atoms with van der Waals surface area (Å²) in [6.07, 6.45) is -0.453. The Morgan fingerprint density at radius 2 is 1.82 bits per heavy atom. The van der Waals surface area contributed by atoms with Gasteiger partial charge in [-0.15, -0.1) is 0 Å². The number of nitrogens with one attached hydrogen (secondary N) is 1. The van der Waals surface area contributed by atoms with E-state index in [4.69, 9.17) is 10.5 Å². The summed E-state index contributed by atoms with van der Waals surface area (Å²) in [7, 11) is 0. The van der Waals surface area contributed by atoms with E-state index in [1.54, 1.807) is 0 Å². The SMILES string of the molecule is CC(N)c1ccc(NC(=O)OC(C)(C)C)cc1. The number of carbonyl (C=O) groups excluding carboxylic acids is 1. The average Bonchev–Trinajstić information content (AvgIpc) is 2.15. The maximum Gasteiger partial charge on any atom is 0.412 e. The second-order valence-corrected chi connectivity index (χ2v) is 5.04. The van der Waals surface area contributed by atoms with Crippen molar-refractivity contribution in [1.29, 1.82) is 0 Å². The summed E-state index contributed by atoms with van der Waals surface area (Å²) in [6, 6.07) is 7.38. The second kappa shape index (κ2) is 5.19. The van der Waals surface area contributed by atoms with Gasteiger partial charge in [0.2, 0.25) is 0 Å². The smallest absolute Gasteiger partial charge is 0.412 e. The number of hydrogen-bond donors (Lipinski definition) is 2. The van der Waals surface area contributed by atoms with E-state index in [0.717, 1.165) is 5.56 Å². The first-order chi connectivity index (χ1) is 7.78. The molecule has 4 heteroatoms. The van der Waals surface area contributed by atoms with Crippen LogP contribution in [0.15, 0.2) is 24.3 Å². The van der Waals surface area contributed by atoms with Crippen molar-refractivity contribution in [2.75, 3.05) is 5.32 Å². The normalized spacial score (nSPS) is 13.0. The molecule has 0 aliphatic rings. The number of benzene rings is 1. The summed E-state index contributed by atoms with van der Waals surface area (Å²) in [5.74, 6) is 0. The molecule has 0 fully saturated rings. The van der Waals surface area contributed by atoms with Crippen LogP contribution in [0.2, 0.25) is 0 Å². The predicted molar refractivity (Wildman–Crippen MR) is 68.9 cm³/mol. The number of nitrogens with two attached hydrogens (primary N) is 1. The standard InChI is InChI=1S/C13H20N2O2/c1-9(14)10-5-7-11(8-6-10)15-12(16)17-13(2,3)4/h5-9H,14H2,1-4H3,(H,15,16). The molecular formula is C13H20N2O2. The number of ether oxygens (including phenoxy) is 1. The Morgan fingerprint density at radius 3 is 2.24 bits per heavy atom. The molecule has 0 saturated heterocycles. The van der Waals surface area contributed by atoms with Crippen molar-refractivity contribution in [3.8, 4) is 0 Å². The zero-order valence-corrected chi connectivity index (χ0v) is 10.8. The number of carbonyl (C=O) groups is 1. The molecule has 17 heavy (non-hydrogen) atoms. The van der Waals surface area contributed by atoms with Crippen LogP contribution < -0.4 is 11.1 Å². The van der Waals surface area contributed by atoms with E-state index in [-0.39, 0.29) is 6.04 Å². The van der Waals surface area contributed by atoms with Gasteiger partial charge >= 0.3 is 6.09 Å². The van der Waals surface area contributed by atoms with E-state index in [1.807, 2.05) is 52.0 Å². The molecule has 1 atom stereocenters.